The average molecular weight is 389 g/mol. The minimum absolute atomic E-state index is 0.0112. The van der Waals surface area contributed by atoms with Gasteiger partial charge < -0.3 is 5.11 Å². The topological polar surface area (TPSA) is 37.5 Å². The maximum atomic E-state index is 13.4. The minimum atomic E-state index is -0.521. The smallest absolute Gasteiger partial charge is 0.215 e. The van der Waals surface area contributed by atoms with Crippen LogP contribution < -0.4 is 0 Å². The van der Waals surface area contributed by atoms with Gasteiger partial charge in [0.25, 0.3) is 0 Å². The molecule has 1 aromatic heterocycles. The molecule has 25 heavy (non-hydrogen) atoms. The molecule has 0 unspecified atom stereocenters. The summed E-state index contributed by atoms with van der Waals surface area (Å²) in [4.78, 5) is 4.95. The van der Waals surface area contributed by atoms with Crippen LogP contribution in [-0.2, 0) is 0 Å². The molecule has 2 aromatic carbocycles. The van der Waals surface area contributed by atoms with Crippen molar-refractivity contribution in [3.8, 4) is 11.6 Å². The quantitative estimate of drug-likeness (QED) is 0.545. The van der Waals surface area contributed by atoms with Crippen LogP contribution in [0.3, 0.4) is 0 Å². The molecule has 2 heterocycles. The first kappa shape index (κ1) is 16.2. The van der Waals surface area contributed by atoms with Crippen LogP contribution >= 0.6 is 35.2 Å². The van der Waals surface area contributed by atoms with Gasteiger partial charge in [-0.15, -0.1) is 11.3 Å². The van der Waals surface area contributed by atoms with E-state index in [1.165, 1.54) is 34.1 Å². The van der Waals surface area contributed by atoms with Crippen LogP contribution in [-0.4, -0.2) is 15.9 Å². The summed E-state index contributed by atoms with van der Waals surface area (Å²) in [5, 5.41) is 10.6. The summed E-state index contributed by atoms with van der Waals surface area (Å²) in [5.41, 5.74) is 3.29. The highest BCUT2D eigenvalue weighted by atomic mass is 35.5. The SMILES string of the molecule is Oc1c(/C=C2\C=Nc3ccccc32)sc(=S)n1-c1ccc(F)c(Cl)c1. The zero-order chi connectivity index (χ0) is 17.6. The van der Waals surface area contributed by atoms with Crippen LogP contribution in [0.15, 0.2) is 47.5 Å². The maximum absolute atomic E-state index is 13.4. The maximum Gasteiger partial charge on any atom is 0.215 e. The third-order valence-corrected chi connectivity index (χ3v) is 5.42. The molecule has 1 aliphatic heterocycles. The summed E-state index contributed by atoms with van der Waals surface area (Å²) >= 11 is 12.5. The summed E-state index contributed by atoms with van der Waals surface area (Å²) in [6, 6.07) is 12.0. The van der Waals surface area contributed by atoms with Crippen molar-refractivity contribution in [3.05, 3.63) is 67.7 Å². The number of halogens is 2. The molecule has 0 bridgehead atoms. The number of aliphatic imine (C=N–C) groups is 1. The van der Waals surface area contributed by atoms with E-state index in [4.69, 9.17) is 23.8 Å². The first-order valence-electron chi connectivity index (χ1n) is 7.30. The Morgan fingerprint density at radius 1 is 1.24 bits per heavy atom. The minimum Gasteiger partial charge on any atom is -0.493 e. The van der Waals surface area contributed by atoms with Crippen molar-refractivity contribution in [3.63, 3.8) is 0 Å². The highest BCUT2D eigenvalue weighted by molar-refractivity contribution is 7.73. The van der Waals surface area contributed by atoms with Gasteiger partial charge in [0.05, 0.1) is 21.3 Å². The fourth-order valence-corrected chi connectivity index (χ4v) is 4.10. The molecule has 4 rings (SSSR count). The van der Waals surface area contributed by atoms with Crippen molar-refractivity contribution < 1.29 is 9.50 Å². The predicted octanol–water partition coefficient (Wildman–Crippen LogP) is 6.02. The van der Waals surface area contributed by atoms with Crippen LogP contribution in [0.1, 0.15) is 10.4 Å². The van der Waals surface area contributed by atoms with Gasteiger partial charge in [0.2, 0.25) is 5.88 Å². The van der Waals surface area contributed by atoms with E-state index in [2.05, 4.69) is 4.99 Å². The number of para-hydroxylation sites is 1. The van der Waals surface area contributed by atoms with E-state index in [9.17, 15) is 9.50 Å². The molecule has 0 aliphatic carbocycles. The van der Waals surface area contributed by atoms with E-state index >= 15 is 0 Å². The van der Waals surface area contributed by atoms with E-state index in [1.807, 2.05) is 30.3 Å². The molecule has 0 fully saturated rings. The fraction of sp³-hybridized carbons (Fsp3) is 0. The van der Waals surface area contributed by atoms with Crippen LogP contribution in [0.2, 0.25) is 5.02 Å². The lowest BCUT2D eigenvalue weighted by Gasteiger charge is -2.06. The summed E-state index contributed by atoms with van der Waals surface area (Å²) < 4.78 is 15.3. The van der Waals surface area contributed by atoms with Crippen molar-refractivity contribution in [1.29, 1.82) is 0 Å². The highest BCUT2D eigenvalue weighted by Crippen LogP contribution is 2.37. The van der Waals surface area contributed by atoms with E-state index in [-0.39, 0.29) is 10.9 Å². The number of hydrogen-bond donors (Lipinski definition) is 1. The molecule has 1 N–H and O–H groups in total. The number of allylic oxidation sites excluding steroid dienone is 1. The molecule has 3 nitrogen and oxygen atoms in total. The van der Waals surface area contributed by atoms with E-state index in [0.717, 1.165) is 16.8 Å². The number of benzene rings is 2. The first-order valence-corrected chi connectivity index (χ1v) is 8.90. The average Bonchev–Trinajstić information content (AvgIpc) is 3.12. The standard InChI is InChI=1S/C18H10ClFN2OS2/c19-13-8-11(5-6-14(13)20)22-17(23)16(25-18(22)24)7-10-9-21-15-4-2-1-3-12(10)15/h1-9,23H/b10-7+. The molecular formula is C18H10ClFN2OS2. The molecule has 0 radical (unpaired) electrons. The number of nitrogens with zero attached hydrogens (tertiary/aromatic N) is 2. The van der Waals surface area contributed by atoms with Gasteiger partial charge in [0.1, 0.15) is 5.82 Å². The number of thiazole rings is 1. The summed E-state index contributed by atoms with van der Waals surface area (Å²) in [6.07, 6.45) is 3.60. The van der Waals surface area contributed by atoms with Crippen molar-refractivity contribution in [2.45, 2.75) is 0 Å². The summed E-state index contributed by atoms with van der Waals surface area (Å²) in [5.74, 6) is -0.532. The second-order valence-corrected chi connectivity index (χ2v) is 7.45. The lowest BCUT2D eigenvalue weighted by molar-refractivity contribution is 0.441. The van der Waals surface area contributed by atoms with Crippen LogP contribution in [0.4, 0.5) is 10.1 Å². The van der Waals surface area contributed by atoms with Crippen molar-refractivity contribution in [2.75, 3.05) is 0 Å². The second-order valence-electron chi connectivity index (χ2n) is 5.36. The Morgan fingerprint density at radius 2 is 2.04 bits per heavy atom. The third kappa shape index (κ3) is 2.82. The van der Waals surface area contributed by atoms with Crippen LogP contribution in [0.5, 0.6) is 5.88 Å². The Hall–Kier alpha value is -2.28. The predicted molar refractivity (Wildman–Crippen MR) is 104 cm³/mol. The normalized spacial score (nSPS) is 14.2. The molecule has 0 saturated heterocycles. The Kier molecular flexibility index (Phi) is 4.03. The van der Waals surface area contributed by atoms with Crippen molar-refractivity contribution >= 4 is 58.7 Å². The second kappa shape index (κ2) is 6.22. The molecule has 7 heteroatoms. The van der Waals surface area contributed by atoms with Crippen molar-refractivity contribution in [2.24, 2.45) is 4.99 Å². The Balaban J connectivity index is 1.82. The zero-order valence-electron chi connectivity index (χ0n) is 12.6. The number of aromatic hydroxyl groups is 1. The zero-order valence-corrected chi connectivity index (χ0v) is 15.0. The molecule has 124 valence electrons. The molecular weight excluding hydrogens is 379 g/mol. The van der Waals surface area contributed by atoms with Gasteiger partial charge in [-0.05, 0) is 42.6 Å². The molecule has 0 spiro atoms. The number of fused-ring (bicyclic) bond motifs is 1. The summed E-state index contributed by atoms with van der Waals surface area (Å²) in [7, 11) is 0. The monoisotopic (exact) mass is 388 g/mol. The molecule has 0 atom stereocenters. The van der Waals surface area contributed by atoms with E-state index in [0.29, 0.717) is 14.5 Å². The van der Waals surface area contributed by atoms with Crippen LogP contribution in [0.25, 0.3) is 17.3 Å². The van der Waals surface area contributed by atoms with Gasteiger partial charge in [-0.1, -0.05) is 29.8 Å². The fourth-order valence-electron chi connectivity index (χ4n) is 2.62. The van der Waals surface area contributed by atoms with Gasteiger partial charge >= 0.3 is 0 Å². The Morgan fingerprint density at radius 3 is 2.84 bits per heavy atom. The molecule has 3 aromatic rings. The molecule has 0 amide bonds. The lowest BCUT2D eigenvalue weighted by Crippen LogP contribution is -1.94. The number of rotatable bonds is 2. The van der Waals surface area contributed by atoms with E-state index in [1.54, 1.807) is 6.21 Å². The van der Waals surface area contributed by atoms with Gasteiger partial charge in [-0.25, -0.2) is 4.39 Å². The Bertz CT molecular complexity index is 1110. The largest absolute Gasteiger partial charge is 0.493 e. The van der Waals surface area contributed by atoms with Crippen LogP contribution in [0, 0.1) is 9.77 Å². The van der Waals surface area contributed by atoms with E-state index < -0.39 is 5.82 Å². The molecule has 1 aliphatic rings. The molecule has 0 saturated carbocycles. The first-order chi connectivity index (χ1) is 12.0. The van der Waals surface area contributed by atoms with Gasteiger partial charge in [0, 0.05) is 17.4 Å². The third-order valence-electron chi connectivity index (χ3n) is 3.82. The number of hydrogen-bond acceptors (Lipinski definition) is 4. The number of aromatic nitrogens is 1. The van der Waals surface area contributed by atoms with Gasteiger partial charge in [-0.3, -0.25) is 9.56 Å². The Labute approximate surface area is 157 Å². The van der Waals surface area contributed by atoms with Gasteiger partial charge in [0.15, 0.2) is 3.95 Å². The lowest BCUT2D eigenvalue weighted by atomic mass is 10.1. The highest BCUT2D eigenvalue weighted by Gasteiger charge is 2.16. The van der Waals surface area contributed by atoms with Gasteiger partial charge in [-0.2, -0.15) is 0 Å². The summed E-state index contributed by atoms with van der Waals surface area (Å²) in [6.45, 7) is 0. The van der Waals surface area contributed by atoms with Crippen molar-refractivity contribution in [1.82, 2.24) is 4.57 Å².